The topological polar surface area (TPSA) is 59.3 Å². The Hall–Kier alpha value is -2.14. The number of rotatable bonds is 5. The van der Waals surface area contributed by atoms with E-state index in [-0.39, 0.29) is 5.91 Å². The number of aryl methyl sites for hydroxylation is 2. The van der Waals surface area contributed by atoms with Crippen molar-refractivity contribution in [2.75, 3.05) is 0 Å². The van der Waals surface area contributed by atoms with Gasteiger partial charge >= 0.3 is 0 Å². The number of hydrazone groups is 1. The number of hydrogen-bond acceptors (Lipinski definition) is 3. The molecule has 0 saturated carbocycles. The highest BCUT2D eigenvalue weighted by Gasteiger charge is 2.12. The smallest absolute Gasteiger partial charge is 0.267 e. The number of carbonyl (C=O) groups excluding carboxylic acids is 1. The molecule has 0 aliphatic rings. The lowest BCUT2D eigenvalue weighted by Gasteiger charge is -2.05. The van der Waals surface area contributed by atoms with E-state index in [0.717, 1.165) is 23.4 Å². The summed E-state index contributed by atoms with van der Waals surface area (Å²) in [5, 5.41) is 8.92. The molecule has 0 fully saturated rings. The highest BCUT2D eigenvalue weighted by molar-refractivity contribution is 6.32. The summed E-state index contributed by atoms with van der Waals surface area (Å²) in [4.78, 5) is 12.0. The Morgan fingerprint density at radius 1 is 1.35 bits per heavy atom. The van der Waals surface area contributed by atoms with E-state index in [1.54, 1.807) is 16.8 Å². The van der Waals surface area contributed by atoms with Crippen LogP contribution >= 0.6 is 11.6 Å². The van der Waals surface area contributed by atoms with Gasteiger partial charge in [-0.05, 0) is 31.9 Å². The Bertz CT molecular complexity index is 717. The first kappa shape index (κ1) is 17.2. The maximum Gasteiger partial charge on any atom is 0.271 e. The third-order valence-electron chi connectivity index (χ3n) is 3.32. The van der Waals surface area contributed by atoms with E-state index in [9.17, 15) is 4.79 Å². The highest BCUT2D eigenvalue weighted by atomic mass is 35.5. The fourth-order valence-electron chi connectivity index (χ4n) is 2.11. The Balaban J connectivity index is 2.07. The fraction of sp³-hybridized carbons (Fsp3) is 0.353. The number of hydrogen-bond donors (Lipinski definition) is 1. The third-order valence-corrected chi connectivity index (χ3v) is 3.72. The van der Waals surface area contributed by atoms with Gasteiger partial charge in [-0.2, -0.15) is 10.2 Å². The molecular formula is C17H21ClN4O. The van der Waals surface area contributed by atoms with Crippen molar-refractivity contribution >= 4 is 23.7 Å². The Morgan fingerprint density at radius 3 is 2.61 bits per heavy atom. The van der Waals surface area contributed by atoms with Crippen LogP contribution in [0.1, 0.15) is 41.0 Å². The highest BCUT2D eigenvalue weighted by Crippen LogP contribution is 2.18. The average molecular weight is 333 g/mol. The van der Waals surface area contributed by atoms with E-state index in [2.05, 4.69) is 29.5 Å². The summed E-state index contributed by atoms with van der Waals surface area (Å²) < 4.78 is 1.75. The summed E-state index contributed by atoms with van der Waals surface area (Å²) >= 11 is 6.32. The molecule has 5 nitrogen and oxygen atoms in total. The van der Waals surface area contributed by atoms with Crippen LogP contribution in [0, 0.1) is 19.8 Å². The predicted octanol–water partition coefficient (Wildman–Crippen LogP) is 3.57. The molecule has 0 aliphatic carbocycles. The molecule has 6 heteroatoms. The molecule has 0 unspecified atom stereocenters. The van der Waals surface area contributed by atoms with Gasteiger partial charge in [0.2, 0.25) is 0 Å². The summed E-state index contributed by atoms with van der Waals surface area (Å²) in [6.07, 6.45) is 1.54. The van der Waals surface area contributed by atoms with Crippen LogP contribution in [0.3, 0.4) is 0 Å². The van der Waals surface area contributed by atoms with Gasteiger partial charge in [0.05, 0.1) is 17.5 Å². The van der Waals surface area contributed by atoms with E-state index < -0.39 is 0 Å². The normalized spacial score (nSPS) is 11.4. The quantitative estimate of drug-likeness (QED) is 0.672. The van der Waals surface area contributed by atoms with Gasteiger partial charge in [0.1, 0.15) is 5.15 Å². The first-order valence-corrected chi connectivity index (χ1v) is 7.89. The van der Waals surface area contributed by atoms with Crippen LogP contribution in [0.4, 0.5) is 0 Å². The van der Waals surface area contributed by atoms with E-state index >= 15 is 0 Å². The van der Waals surface area contributed by atoms with Gasteiger partial charge in [-0.1, -0.05) is 43.1 Å². The Kier molecular flexibility index (Phi) is 5.55. The first-order valence-electron chi connectivity index (χ1n) is 7.51. The van der Waals surface area contributed by atoms with E-state index in [0.29, 0.717) is 16.6 Å². The zero-order valence-electron chi connectivity index (χ0n) is 13.8. The Morgan fingerprint density at radius 2 is 2.00 bits per heavy atom. The maximum atomic E-state index is 12.0. The van der Waals surface area contributed by atoms with Crippen LogP contribution in [0.15, 0.2) is 29.4 Å². The van der Waals surface area contributed by atoms with Crippen molar-refractivity contribution in [2.24, 2.45) is 11.0 Å². The molecular weight excluding hydrogens is 312 g/mol. The van der Waals surface area contributed by atoms with E-state index in [1.807, 2.05) is 26.0 Å². The molecule has 0 saturated heterocycles. The summed E-state index contributed by atoms with van der Waals surface area (Å²) in [6.45, 7) is 8.78. The molecule has 0 spiro atoms. The molecule has 1 heterocycles. The minimum atomic E-state index is -0.260. The maximum absolute atomic E-state index is 12.0. The van der Waals surface area contributed by atoms with Crippen molar-refractivity contribution in [3.8, 4) is 0 Å². The van der Waals surface area contributed by atoms with Crippen LogP contribution in [0.5, 0.6) is 0 Å². The van der Waals surface area contributed by atoms with Crippen LogP contribution in [-0.2, 0) is 6.54 Å². The molecule has 1 amide bonds. The second-order valence-corrected chi connectivity index (χ2v) is 6.29. The van der Waals surface area contributed by atoms with Crippen molar-refractivity contribution < 1.29 is 4.79 Å². The SMILES string of the molecule is Cc1ccc(C(=O)N/N=C\c2c(C)nn(CC(C)C)c2Cl)cc1. The molecule has 1 N–H and O–H groups in total. The Labute approximate surface area is 141 Å². The van der Waals surface area contributed by atoms with Gasteiger partial charge in [0.25, 0.3) is 5.91 Å². The standard InChI is InChI=1S/C17H21ClN4O/c1-11(2)10-22-16(18)15(13(4)21-22)9-19-20-17(23)14-7-5-12(3)6-8-14/h5-9,11H,10H2,1-4H3,(H,20,23)/b19-9-. The van der Waals surface area contributed by atoms with Crippen LogP contribution < -0.4 is 5.43 Å². The largest absolute Gasteiger partial charge is 0.271 e. The summed E-state index contributed by atoms with van der Waals surface area (Å²) in [5.41, 5.74) is 5.67. The lowest BCUT2D eigenvalue weighted by atomic mass is 10.1. The number of nitrogens with zero attached hydrogens (tertiary/aromatic N) is 3. The molecule has 0 bridgehead atoms. The number of carbonyl (C=O) groups is 1. The van der Waals surface area contributed by atoms with Gasteiger partial charge in [-0.15, -0.1) is 0 Å². The summed E-state index contributed by atoms with van der Waals surface area (Å²) in [5.74, 6) is 0.183. The molecule has 122 valence electrons. The number of amides is 1. The molecule has 2 rings (SSSR count). The molecule has 0 atom stereocenters. The van der Waals surface area contributed by atoms with E-state index in [1.165, 1.54) is 6.21 Å². The minimum Gasteiger partial charge on any atom is -0.267 e. The van der Waals surface area contributed by atoms with Gasteiger partial charge in [-0.25, -0.2) is 5.43 Å². The first-order chi connectivity index (χ1) is 10.9. The third kappa shape index (κ3) is 4.42. The van der Waals surface area contributed by atoms with Crippen LogP contribution in [0.2, 0.25) is 5.15 Å². The lowest BCUT2D eigenvalue weighted by Crippen LogP contribution is -2.17. The van der Waals surface area contributed by atoms with Gasteiger partial charge < -0.3 is 0 Å². The zero-order valence-corrected chi connectivity index (χ0v) is 14.6. The van der Waals surface area contributed by atoms with Crippen molar-refractivity contribution in [2.45, 2.75) is 34.2 Å². The number of nitrogens with one attached hydrogen (secondary N) is 1. The minimum absolute atomic E-state index is 0.260. The monoisotopic (exact) mass is 332 g/mol. The molecule has 1 aromatic heterocycles. The molecule has 1 aromatic carbocycles. The second-order valence-electron chi connectivity index (χ2n) is 5.93. The van der Waals surface area contributed by atoms with Crippen molar-refractivity contribution in [1.82, 2.24) is 15.2 Å². The number of benzene rings is 1. The number of aromatic nitrogens is 2. The second kappa shape index (κ2) is 7.42. The zero-order chi connectivity index (χ0) is 17.0. The van der Waals surface area contributed by atoms with E-state index in [4.69, 9.17) is 11.6 Å². The average Bonchev–Trinajstić information content (AvgIpc) is 2.74. The van der Waals surface area contributed by atoms with Crippen molar-refractivity contribution in [3.05, 3.63) is 51.8 Å². The molecule has 0 radical (unpaired) electrons. The van der Waals surface area contributed by atoms with Crippen molar-refractivity contribution in [3.63, 3.8) is 0 Å². The summed E-state index contributed by atoms with van der Waals surface area (Å²) in [6, 6.07) is 7.29. The van der Waals surface area contributed by atoms with Crippen LogP contribution in [0.25, 0.3) is 0 Å². The molecule has 2 aromatic rings. The van der Waals surface area contributed by atoms with Gasteiger partial charge in [0, 0.05) is 12.1 Å². The van der Waals surface area contributed by atoms with Gasteiger partial charge in [0.15, 0.2) is 0 Å². The van der Waals surface area contributed by atoms with Gasteiger partial charge in [-0.3, -0.25) is 9.48 Å². The van der Waals surface area contributed by atoms with Crippen LogP contribution in [-0.4, -0.2) is 21.9 Å². The molecule has 0 aliphatic heterocycles. The fourth-order valence-corrected chi connectivity index (χ4v) is 2.40. The summed E-state index contributed by atoms with van der Waals surface area (Å²) in [7, 11) is 0. The number of halogens is 1. The van der Waals surface area contributed by atoms with Crippen molar-refractivity contribution in [1.29, 1.82) is 0 Å². The molecule has 23 heavy (non-hydrogen) atoms. The predicted molar refractivity (Wildman–Crippen MR) is 93.1 cm³/mol. The lowest BCUT2D eigenvalue weighted by molar-refractivity contribution is 0.0955.